The molecule has 0 aromatic carbocycles. The molecule has 2 aliphatic rings. The molecule has 2 aromatic heterocycles. The van der Waals surface area contributed by atoms with E-state index in [1.54, 1.807) is 0 Å². The number of hydrogen-bond donors (Lipinski definition) is 2. The molecule has 0 bridgehead atoms. The molecule has 1 aliphatic heterocycles. The Morgan fingerprint density at radius 1 is 1.46 bits per heavy atom. The number of amides is 1. The van der Waals surface area contributed by atoms with Crippen molar-refractivity contribution in [3.63, 3.8) is 0 Å². The first-order valence-electron chi connectivity index (χ1n) is 8.14. The number of carbonyl (C=O) groups is 1. The van der Waals surface area contributed by atoms with E-state index in [0.717, 1.165) is 35.2 Å². The number of nitrogens with zero attached hydrogens (tertiary/aromatic N) is 3. The summed E-state index contributed by atoms with van der Waals surface area (Å²) in [6, 6.07) is 4.08. The second kappa shape index (κ2) is 5.67. The fraction of sp³-hybridized carbons (Fsp3) is 0.471. The van der Waals surface area contributed by atoms with E-state index < -0.39 is 0 Å². The number of rotatable bonds is 4. The van der Waals surface area contributed by atoms with Crippen LogP contribution in [0.5, 0.6) is 0 Å². The lowest BCUT2D eigenvalue weighted by molar-refractivity contribution is -0.118. The zero-order chi connectivity index (χ0) is 16.9. The molecule has 0 spiro atoms. The van der Waals surface area contributed by atoms with Gasteiger partial charge in [-0.05, 0) is 54.2 Å². The van der Waals surface area contributed by atoms with Crippen molar-refractivity contribution in [3.05, 3.63) is 40.5 Å². The van der Waals surface area contributed by atoms with Crippen molar-refractivity contribution in [2.45, 2.75) is 45.3 Å². The van der Waals surface area contributed by atoms with Crippen LogP contribution in [0, 0.1) is 19.3 Å². The van der Waals surface area contributed by atoms with Crippen LogP contribution in [0.1, 0.15) is 24.1 Å². The zero-order valence-corrected chi connectivity index (χ0v) is 15.3. The zero-order valence-electron chi connectivity index (χ0n) is 13.7. The van der Waals surface area contributed by atoms with Crippen molar-refractivity contribution in [1.82, 2.24) is 19.9 Å². The predicted octanol–water partition coefficient (Wildman–Crippen LogP) is 2.42. The summed E-state index contributed by atoms with van der Waals surface area (Å²) in [6.45, 7) is 4.86. The highest BCUT2D eigenvalue weighted by molar-refractivity contribution is 9.10. The monoisotopic (exact) mass is 389 g/mol. The number of hydrogen-bond acceptors (Lipinski definition) is 4. The van der Waals surface area contributed by atoms with Crippen LogP contribution in [0.15, 0.2) is 29.3 Å². The van der Waals surface area contributed by atoms with E-state index in [0.29, 0.717) is 11.9 Å². The van der Waals surface area contributed by atoms with Crippen molar-refractivity contribution >= 4 is 27.7 Å². The highest BCUT2D eigenvalue weighted by Gasteiger charge is 2.61. The summed E-state index contributed by atoms with van der Waals surface area (Å²) in [4.78, 5) is 21.2. The van der Waals surface area contributed by atoms with Gasteiger partial charge in [-0.3, -0.25) is 4.79 Å². The van der Waals surface area contributed by atoms with Crippen molar-refractivity contribution in [2.24, 2.45) is 5.41 Å². The van der Waals surface area contributed by atoms with Crippen LogP contribution < -0.4 is 10.6 Å². The van der Waals surface area contributed by atoms with Gasteiger partial charge < -0.3 is 15.2 Å². The van der Waals surface area contributed by atoms with Crippen LogP contribution in [0.25, 0.3) is 0 Å². The van der Waals surface area contributed by atoms with Gasteiger partial charge in [-0.25, -0.2) is 9.97 Å². The first-order chi connectivity index (χ1) is 11.4. The SMILES string of the molecule is Cc1cn(C[C@@]23CC(C(=O)Nc4nc(Br)ccc4C)N[C@@H]2C3)cn1. The third kappa shape index (κ3) is 2.86. The minimum atomic E-state index is -0.159. The van der Waals surface area contributed by atoms with Crippen LogP contribution >= 0.6 is 15.9 Å². The van der Waals surface area contributed by atoms with Crippen LogP contribution in [0.4, 0.5) is 5.82 Å². The Morgan fingerprint density at radius 3 is 3.04 bits per heavy atom. The van der Waals surface area contributed by atoms with Gasteiger partial charge in [0.05, 0.1) is 18.1 Å². The number of pyridine rings is 1. The van der Waals surface area contributed by atoms with Crippen molar-refractivity contribution in [3.8, 4) is 0 Å². The molecule has 2 aromatic rings. The molecule has 7 heteroatoms. The minimum absolute atomic E-state index is 0.00270. The standard InChI is InChI=1S/C17H20BrN5O/c1-10-3-4-14(18)21-15(10)22-16(24)12-5-17(6-13(17)20-12)8-23-7-11(2)19-9-23/h3-4,7,9,12-13,20H,5-6,8H2,1-2H3,(H,21,22,24)/t12?,13-,17+/m1/s1. The maximum absolute atomic E-state index is 12.6. The molecule has 1 unspecified atom stereocenters. The van der Waals surface area contributed by atoms with Crippen LogP contribution in [0.3, 0.4) is 0 Å². The van der Waals surface area contributed by atoms with Crippen LogP contribution in [-0.2, 0) is 11.3 Å². The molecule has 2 N–H and O–H groups in total. The number of halogens is 1. The normalized spacial score (nSPS) is 27.8. The van der Waals surface area contributed by atoms with E-state index in [9.17, 15) is 4.79 Å². The molecule has 6 nitrogen and oxygen atoms in total. The molecule has 1 amide bonds. The van der Waals surface area contributed by atoms with Gasteiger partial charge in [0.25, 0.3) is 0 Å². The highest BCUT2D eigenvalue weighted by atomic mass is 79.9. The summed E-state index contributed by atoms with van der Waals surface area (Å²) in [7, 11) is 0. The van der Waals surface area contributed by atoms with Gasteiger partial charge in [-0.1, -0.05) is 6.07 Å². The van der Waals surface area contributed by atoms with Gasteiger partial charge in [0.1, 0.15) is 10.4 Å². The first kappa shape index (κ1) is 15.8. The maximum Gasteiger partial charge on any atom is 0.242 e. The summed E-state index contributed by atoms with van der Waals surface area (Å²) < 4.78 is 2.86. The number of anilines is 1. The van der Waals surface area contributed by atoms with Gasteiger partial charge in [-0.2, -0.15) is 0 Å². The van der Waals surface area contributed by atoms with E-state index in [4.69, 9.17) is 0 Å². The lowest BCUT2D eigenvalue weighted by atomic mass is 9.99. The first-order valence-corrected chi connectivity index (χ1v) is 8.93. The summed E-state index contributed by atoms with van der Waals surface area (Å²) in [5.74, 6) is 0.619. The summed E-state index contributed by atoms with van der Waals surface area (Å²) >= 11 is 3.35. The molecular formula is C17H20BrN5O. The van der Waals surface area contributed by atoms with Gasteiger partial charge in [0.15, 0.2) is 0 Å². The Balaban J connectivity index is 1.42. The average Bonchev–Trinajstić information content (AvgIpc) is 2.86. The number of carbonyl (C=O) groups excluding carboxylic acids is 1. The fourth-order valence-electron chi connectivity index (χ4n) is 3.68. The lowest BCUT2D eigenvalue weighted by Crippen LogP contribution is -2.38. The fourth-order valence-corrected chi connectivity index (χ4v) is 3.99. The smallest absolute Gasteiger partial charge is 0.242 e. The molecule has 1 saturated carbocycles. The molecule has 3 heterocycles. The van der Waals surface area contributed by atoms with Gasteiger partial charge >= 0.3 is 0 Å². The third-order valence-electron chi connectivity index (χ3n) is 5.08. The molecule has 1 saturated heterocycles. The maximum atomic E-state index is 12.6. The average molecular weight is 390 g/mol. The summed E-state index contributed by atoms with van der Waals surface area (Å²) in [6.07, 6.45) is 5.92. The highest BCUT2D eigenvalue weighted by Crippen LogP contribution is 2.55. The largest absolute Gasteiger partial charge is 0.337 e. The van der Waals surface area contributed by atoms with Gasteiger partial charge in [-0.15, -0.1) is 0 Å². The number of imidazole rings is 1. The van der Waals surface area contributed by atoms with Crippen LogP contribution in [0.2, 0.25) is 0 Å². The predicted molar refractivity (Wildman–Crippen MR) is 94.6 cm³/mol. The van der Waals surface area contributed by atoms with Crippen molar-refractivity contribution in [2.75, 3.05) is 5.32 Å². The molecule has 24 heavy (non-hydrogen) atoms. The van der Waals surface area contributed by atoms with Gasteiger partial charge in [0, 0.05) is 24.2 Å². The molecule has 1 aliphatic carbocycles. The summed E-state index contributed by atoms with van der Waals surface area (Å²) in [5, 5.41) is 6.42. The number of aromatic nitrogens is 3. The van der Waals surface area contributed by atoms with E-state index in [1.807, 2.05) is 32.3 Å². The molecule has 4 rings (SSSR count). The quantitative estimate of drug-likeness (QED) is 0.787. The van der Waals surface area contributed by atoms with Crippen LogP contribution in [-0.4, -0.2) is 32.5 Å². The Labute approximate surface area is 149 Å². The Kier molecular flexibility index (Phi) is 3.73. The van der Waals surface area contributed by atoms with E-state index in [2.05, 4.69) is 47.3 Å². The second-order valence-electron chi connectivity index (χ2n) is 7.02. The molecule has 2 fully saturated rings. The minimum Gasteiger partial charge on any atom is -0.337 e. The Hall–Kier alpha value is -1.73. The number of piperidine rings is 1. The van der Waals surface area contributed by atoms with Crippen molar-refractivity contribution < 1.29 is 4.79 Å². The summed E-state index contributed by atoms with van der Waals surface area (Å²) in [5.41, 5.74) is 2.17. The Morgan fingerprint density at radius 2 is 2.29 bits per heavy atom. The Bertz CT molecular complexity index is 804. The topological polar surface area (TPSA) is 71.8 Å². The van der Waals surface area contributed by atoms with E-state index >= 15 is 0 Å². The number of aryl methyl sites for hydroxylation is 2. The lowest BCUT2D eigenvalue weighted by Gasteiger charge is -2.17. The van der Waals surface area contributed by atoms with Crippen molar-refractivity contribution in [1.29, 1.82) is 0 Å². The molecule has 126 valence electrons. The molecular weight excluding hydrogens is 370 g/mol. The number of fused-ring (bicyclic) bond motifs is 1. The van der Waals surface area contributed by atoms with Gasteiger partial charge in [0.2, 0.25) is 5.91 Å². The number of nitrogens with one attached hydrogen (secondary N) is 2. The second-order valence-corrected chi connectivity index (χ2v) is 7.83. The molecule has 3 atom stereocenters. The van der Waals surface area contributed by atoms with E-state index in [-0.39, 0.29) is 17.4 Å². The van der Waals surface area contributed by atoms with E-state index in [1.165, 1.54) is 0 Å². The third-order valence-corrected chi connectivity index (χ3v) is 5.53. The molecule has 0 radical (unpaired) electrons.